The van der Waals surface area contributed by atoms with Gasteiger partial charge in [-0.25, -0.2) is 4.39 Å². The summed E-state index contributed by atoms with van der Waals surface area (Å²) in [6.07, 6.45) is 6.17. The van der Waals surface area contributed by atoms with Crippen LogP contribution in [0.3, 0.4) is 0 Å². The van der Waals surface area contributed by atoms with E-state index in [1.807, 2.05) is 39.8 Å². The molecule has 1 aromatic rings. The molecule has 0 heterocycles. The van der Waals surface area contributed by atoms with Gasteiger partial charge < -0.3 is 4.74 Å². The molecule has 1 nitrogen and oxygen atoms in total. The third-order valence-electron chi connectivity index (χ3n) is 3.10. The Morgan fingerprint density at radius 2 is 2.05 bits per heavy atom. The predicted molar refractivity (Wildman–Crippen MR) is 85.4 cm³/mol. The van der Waals surface area contributed by atoms with Gasteiger partial charge in [-0.1, -0.05) is 44.2 Å². The van der Waals surface area contributed by atoms with E-state index in [0.717, 1.165) is 16.7 Å². The molecule has 0 atom stereocenters. The van der Waals surface area contributed by atoms with Gasteiger partial charge >= 0.3 is 0 Å². The van der Waals surface area contributed by atoms with Crippen molar-refractivity contribution in [3.05, 3.63) is 41.7 Å². The molecule has 1 saturated carbocycles. The fraction of sp³-hybridized carbons (Fsp3) is 0.444. The summed E-state index contributed by atoms with van der Waals surface area (Å²) in [5.41, 5.74) is 2.66. The van der Waals surface area contributed by atoms with Crippen LogP contribution in [0.15, 0.2) is 24.8 Å². The van der Waals surface area contributed by atoms with E-state index in [1.165, 1.54) is 18.9 Å². The Morgan fingerprint density at radius 3 is 2.55 bits per heavy atom. The maximum absolute atomic E-state index is 13.9. The Kier molecular flexibility index (Phi) is 6.50. The minimum Gasteiger partial charge on any atom is -0.490 e. The zero-order valence-electron chi connectivity index (χ0n) is 13.0. The van der Waals surface area contributed by atoms with E-state index >= 15 is 0 Å². The van der Waals surface area contributed by atoms with E-state index in [0.29, 0.717) is 18.3 Å². The van der Waals surface area contributed by atoms with Crippen molar-refractivity contribution in [1.82, 2.24) is 0 Å². The van der Waals surface area contributed by atoms with Crippen LogP contribution in [-0.2, 0) is 0 Å². The zero-order chi connectivity index (χ0) is 15.1. The Hall–Kier alpha value is -1.57. The number of halogens is 1. The molecule has 1 aromatic carbocycles. The quantitative estimate of drug-likeness (QED) is 0.669. The summed E-state index contributed by atoms with van der Waals surface area (Å²) in [6, 6.07) is 3.22. The molecule has 0 radical (unpaired) electrons. The standard InChI is InChI=1S/C16H19FO.C2H6/c1-4-5-14-13(11(2)3)8-9-15(17)16(14)18-10-12-6-7-12;1-2/h4-5,8-9,12H,2,6-7,10H2,1,3H3;1-2H3/b5-4-;. The zero-order valence-corrected chi connectivity index (χ0v) is 13.0. The van der Waals surface area contributed by atoms with Gasteiger partial charge in [-0.15, -0.1) is 0 Å². The number of hydrogen-bond acceptors (Lipinski definition) is 1. The molecule has 110 valence electrons. The van der Waals surface area contributed by atoms with Crippen molar-refractivity contribution in [3.63, 3.8) is 0 Å². The van der Waals surface area contributed by atoms with Gasteiger partial charge in [0.2, 0.25) is 0 Å². The molecule has 1 aliphatic carbocycles. The lowest BCUT2D eigenvalue weighted by molar-refractivity contribution is 0.284. The van der Waals surface area contributed by atoms with Crippen LogP contribution in [0.2, 0.25) is 0 Å². The van der Waals surface area contributed by atoms with Crippen LogP contribution in [0, 0.1) is 11.7 Å². The van der Waals surface area contributed by atoms with Gasteiger partial charge in [-0.05, 0) is 44.2 Å². The van der Waals surface area contributed by atoms with E-state index < -0.39 is 0 Å². The van der Waals surface area contributed by atoms with Gasteiger partial charge in [0.25, 0.3) is 0 Å². The van der Waals surface area contributed by atoms with Gasteiger partial charge in [0, 0.05) is 5.56 Å². The predicted octanol–water partition coefficient (Wildman–Crippen LogP) is 5.71. The first-order chi connectivity index (χ1) is 9.63. The molecule has 0 amide bonds. The Bertz CT molecular complexity index is 484. The highest BCUT2D eigenvalue weighted by Crippen LogP contribution is 2.34. The van der Waals surface area contributed by atoms with Crippen LogP contribution in [0.1, 0.15) is 51.7 Å². The summed E-state index contributed by atoms with van der Waals surface area (Å²) >= 11 is 0. The molecule has 2 rings (SSSR count). The average Bonchev–Trinajstić information content (AvgIpc) is 3.24. The number of allylic oxidation sites excluding steroid dienone is 2. The molecule has 1 fully saturated rings. The van der Waals surface area contributed by atoms with Gasteiger partial charge in [-0.3, -0.25) is 0 Å². The maximum atomic E-state index is 13.9. The fourth-order valence-corrected chi connectivity index (χ4v) is 1.91. The van der Waals surface area contributed by atoms with Crippen LogP contribution in [0.25, 0.3) is 11.6 Å². The average molecular weight is 276 g/mol. The Balaban J connectivity index is 0.000000956. The topological polar surface area (TPSA) is 9.23 Å². The van der Waals surface area contributed by atoms with Crippen LogP contribution in [0.4, 0.5) is 4.39 Å². The van der Waals surface area contributed by atoms with E-state index in [1.54, 1.807) is 6.07 Å². The SMILES string of the molecule is C=C(C)c1ccc(F)c(OCC2CC2)c1/C=C\C.CC. The summed E-state index contributed by atoms with van der Waals surface area (Å²) in [5.74, 6) is 0.672. The second-order valence-corrected chi connectivity index (χ2v) is 4.87. The molecule has 20 heavy (non-hydrogen) atoms. The first-order valence-electron chi connectivity index (χ1n) is 7.37. The number of rotatable bonds is 5. The second kappa shape index (κ2) is 7.88. The highest BCUT2D eigenvalue weighted by Gasteiger charge is 2.23. The van der Waals surface area contributed by atoms with Crippen LogP contribution >= 0.6 is 0 Å². The van der Waals surface area contributed by atoms with Crippen molar-refractivity contribution in [2.24, 2.45) is 5.92 Å². The third kappa shape index (κ3) is 4.22. The van der Waals surface area contributed by atoms with E-state index in [4.69, 9.17) is 4.74 Å². The first kappa shape index (κ1) is 16.5. The third-order valence-corrected chi connectivity index (χ3v) is 3.10. The summed E-state index contributed by atoms with van der Waals surface area (Å²) in [7, 11) is 0. The second-order valence-electron chi connectivity index (χ2n) is 4.87. The first-order valence-corrected chi connectivity index (χ1v) is 7.37. The van der Waals surface area contributed by atoms with Crippen molar-refractivity contribution < 1.29 is 9.13 Å². The summed E-state index contributed by atoms with van der Waals surface area (Å²) in [6.45, 7) is 12.4. The maximum Gasteiger partial charge on any atom is 0.165 e. The highest BCUT2D eigenvalue weighted by atomic mass is 19.1. The molecular formula is C18H25FO. The van der Waals surface area contributed by atoms with Gasteiger partial charge in [-0.2, -0.15) is 0 Å². The molecule has 0 bridgehead atoms. The Labute approximate surface area is 122 Å². The van der Waals surface area contributed by atoms with Gasteiger partial charge in [0.15, 0.2) is 11.6 Å². The number of benzene rings is 1. The normalized spacial score (nSPS) is 13.8. The highest BCUT2D eigenvalue weighted by molar-refractivity contribution is 5.75. The minimum atomic E-state index is -0.297. The molecular weight excluding hydrogens is 251 g/mol. The molecule has 0 aliphatic heterocycles. The Morgan fingerprint density at radius 1 is 1.40 bits per heavy atom. The van der Waals surface area contributed by atoms with Crippen molar-refractivity contribution in [1.29, 1.82) is 0 Å². The van der Waals surface area contributed by atoms with Crippen LogP contribution in [0.5, 0.6) is 5.75 Å². The smallest absolute Gasteiger partial charge is 0.165 e. The van der Waals surface area contributed by atoms with Gasteiger partial charge in [0.05, 0.1) is 6.61 Å². The summed E-state index contributed by atoms with van der Waals surface area (Å²) in [5, 5.41) is 0. The van der Waals surface area contributed by atoms with Gasteiger partial charge in [0.1, 0.15) is 0 Å². The molecule has 2 heteroatoms. The lowest BCUT2D eigenvalue weighted by Gasteiger charge is -2.14. The molecule has 1 aliphatic rings. The lowest BCUT2D eigenvalue weighted by atomic mass is 10.00. The molecule has 0 aromatic heterocycles. The van der Waals surface area contributed by atoms with Crippen molar-refractivity contribution in [2.45, 2.75) is 40.5 Å². The summed E-state index contributed by atoms with van der Waals surface area (Å²) in [4.78, 5) is 0. The van der Waals surface area contributed by atoms with Crippen molar-refractivity contribution in [3.8, 4) is 5.75 Å². The van der Waals surface area contributed by atoms with Crippen molar-refractivity contribution in [2.75, 3.05) is 6.61 Å². The molecule has 0 unspecified atom stereocenters. The van der Waals surface area contributed by atoms with Crippen LogP contribution in [-0.4, -0.2) is 6.61 Å². The van der Waals surface area contributed by atoms with E-state index in [9.17, 15) is 4.39 Å². The molecule has 0 saturated heterocycles. The number of ether oxygens (including phenoxy) is 1. The minimum absolute atomic E-state index is 0.297. The fourth-order valence-electron chi connectivity index (χ4n) is 1.91. The lowest BCUT2D eigenvalue weighted by Crippen LogP contribution is -2.04. The monoisotopic (exact) mass is 276 g/mol. The molecule has 0 N–H and O–H groups in total. The molecule has 0 spiro atoms. The summed E-state index contributed by atoms with van der Waals surface area (Å²) < 4.78 is 19.6. The van der Waals surface area contributed by atoms with Crippen molar-refractivity contribution >= 4 is 11.6 Å². The number of hydrogen-bond donors (Lipinski definition) is 0. The van der Waals surface area contributed by atoms with E-state index in [2.05, 4.69) is 6.58 Å². The largest absolute Gasteiger partial charge is 0.490 e. The van der Waals surface area contributed by atoms with E-state index in [-0.39, 0.29) is 5.82 Å². The van der Waals surface area contributed by atoms with Crippen LogP contribution < -0.4 is 4.74 Å².